The quantitative estimate of drug-likeness (QED) is 0.690. The second-order valence-corrected chi connectivity index (χ2v) is 3.06. The predicted molar refractivity (Wildman–Crippen MR) is 49.0 cm³/mol. The van der Waals surface area contributed by atoms with Crippen LogP contribution in [0.25, 0.3) is 0 Å². The Morgan fingerprint density at radius 3 is 2.92 bits per heavy atom. The molecule has 68 valence electrons. The normalized spacial score (nSPS) is 14.8. The molecule has 2 rings (SSSR count). The lowest BCUT2D eigenvalue weighted by molar-refractivity contribution is 0.282. The van der Waals surface area contributed by atoms with Crippen molar-refractivity contribution in [2.45, 2.75) is 0 Å². The smallest absolute Gasteiger partial charge is 0.164 e. The third-order valence-corrected chi connectivity index (χ3v) is 2.08. The Bertz CT molecular complexity index is 353. The highest BCUT2D eigenvalue weighted by Crippen LogP contribution is 2.24. The van der Waals surface area contributed by atoms with Gasteiger partial charge in [0, 0.05) is 11.9 Å². The molecule has 0 N–H and O–H groups in total. The predicted octanol–water partition coefficient (Wildman–Crippen LogP) is 2.74. The highest BCUT2D eigenvalue weighted by molar-refractivity contribution is 6.31. The van der Waals surface area contributed by atoms with Crippen molar-refractivity contribution in [3.8, 4) is 0 Å². The molecule has 4 heteroatoms. The number of hydrogen-bond acceptors (Lipinski definition) is 2. The molecule has 0 saturated carbocycles. The van der Waals surface area contributed by atoms with E-state index in [0.29, 0.717) is 6.73 Å². The number of benzene rings is 1. The SMILES string of the molecule is Fc1ccc(N2C=COC2)cc1Cl. The summed E-state index contributed by atoms with van der Waals surface area (Å²) in [6.45, 7) is 0.446. The minimum Gasteiger partial charge on any atom is -0.479 e. The summed E-state index contributed by atoms with van der Waals surface area (Å²) in [5.74, 6) is -0.408. The van der Waals surface area contributed by atoms with Gasteiger partial charge in [0.05, 0.1) is 5.02 Å². The molecular formula is C9H7ClFNO. The van der Waals surface area contributed by atoms with Crippen molar-refractivity contribution >= 4 is 17.3 Å². The average Bonchev–Trinajstić information content (AvgIpc) is 2.62. The average molecular weight is 200 g/mol. The fraction of sp³-hybridized carbons (Fsp3) is 0.111. The van der Waals surface area contributed by atoms with Crippen molar-refractivity contribution in [1.82, 2.24) is 0 Å². The van der Waals surface area contributed by atoms with Crippen LogP contribution in [-0.4, -0.2) is 6.73 Å². The van der Waals surface area contributed by atoms with Crippen LogP contribution in [0.2, 0.25) is 5.02 Å². The first-order valence-corrected chi connectivity index (χ1v) is 4.15. The number of nitrogens with zero attached hydrogens (tertiary/aromatic N) is 1. The van der Waals surface area contributed by atoms with Crippen LogP contribution in [0.1, 0.15) is 0 Å². The van der Waals surface area contributed by atoms with Crippen molar-refractivity contribution in [1.29, 1.82) is 0 Å². The minimum absolute atomic E-state index is 0.123. The minimum atomic E-state index is -0.408. The Kier molecular flexibility index (Phi) is 2.10. The van der Waals surface area contributed by atoms with Crippen LogP contribution in [0, 0.1) is 5.82 Å². The summed E-state index contributed by atoms with van der Waals surface area (Å²) in [5, 5.41) is 0.123. The van der Waals surface area contributed by atoms with E-state index in [9.17, 15) is 4.39 Å². The molecule has 0 saturated heterocycles. The molecule has 0 atom stereocenters. The third kappa shape index (κ3) is 1.60. The Hall–Kier alpha value is -1.22. The fourth-order valence-electron chi connectivity index (χ4n) is 1.11. The van der Waals surface area contributed by atoms with Gasteiger partial charge in [0.2, 0.25) is 0 Å². The maximum atomic E-state index is 12.8. The summed E-state index contributed by atoms with van der Waals surface area (Å²) < 4.78 is 17.8. The molecule has 1 aromatic carbocycles. The standard InChI is InChI=1S/C9H7ClFNO/c10-8-5-7(1-2-9(8)11)12-3-4-13-6-12/h1-5H,6H2. The summed E-state index contributed by atoms with van der Waals surface area (Å²) in [6, 6.07) is 4.56. The number of anilines is 1. The molecule has 0 aliphatic carbocycles. The van der Waals surface area contributed by atoms with E-state index in [0.717, 1.165) is 5.69 Å². The molecule has 0 spiro atoms. The molecule has 1 aliphatic heterocycles. The van der Waals surface area contributed by atoms with Gasteiger partial charge in [-0.1, -0.05) is 11.6 Å². The van der Waals surface area contributed by atoms with Crippen molar-refractivity contribution in [2.75, 3.05) is 11.6 Å². The Morgan fingerprint density at radius 2 is 2.31 bits per heavy atom. The third-order valence-electron chi connectivity index (χ3n) is 1.79. The zero-order valence-electron chi connectivity index (χ0n) is 6.71. The van der Waals surface area contributed by atoms with Gasteiger partial charge in [0.1, 0.15) is 12.1 Å². The maximum absolute atomic E-state index is 12.8. The first-order valence-electron chi connectivity index (χ1n) is 3.77. The van der Waals surface area contributed by atoms with Gasteiger partial charge in [-0.05, 0) is 18.2 Å². The van der Waals surface area contributed by atoms with E-state index in [1.165, 1.54) is 6.07 Å². The summed E-state index contributed by atoms with van der Waals surface area (Å²) >= 11 is 5.63. The lowest BCUT2D eigenvalue weighted by Gasteiger charge is -2.13. The van der Waals surface area contributed by atoms with Gasteiger partial charge in [0.25, 0.3) is 0 Å². The largest absolute Gasteiger partial charge is 0.479 e. The number of hydrogen-bond donors (Lipinski definition) is 0. The number of ether oxygens (including phenoxy) is 1. The van der Waals surface area contributed by atoms with Crippen LogP contribution in [0.3, 0.4) is 0 Å². The lowest BCUT2D eigenvalue weighted by Crippen LogP contribution is -2.12. The summed E-state index contributed by atoms with van der Waals surface area (Å²) in [7, 11) is 0. The van der Waals surface area contributed by atoms with Crippen LogP contribution >= 0.6 is 11.6 Å². The van der Waals surface area contributed by atoms with Gasteiger partial charge in [-0.15, -0.1) is 0 Å². The fourth-order valence-corrected chi connectivity index (χ4v) is 1.28. The highest BCUT2D eigenvalue weighted by Gasteiger charge is 2.09. The van der Waals surface area contributed by atoms with Gasteiger partial charge >= 0.3 is 0 Å². The van der Waals surface area contributed by atoms with E-state index >= 15 is 0 Å². The molecule has 1 heterocycles. The molecule has 0 fully saturated rings. The monoisotopic (exact) mass is 199 g/mol. The zero-order chi connectivity index (χ0) is 9.26. The van der Waals surface area contributed by atoms with E-state index in [-0.39, 0.29) is 5.02 Å². The molecule has 0 bridgehead atoms. The summed E-state index contributed by atoms with van der Waals surface area (Å²) in [5.41, 5.74) is 0.820. The molecule has 0 radical (unpaired) electrons. The van der Waals surface area contributed by atoms with E-state index in [1.54, 1.807) is 24.6 Å². The van der Waals surface area contributed by atoms with E-state index in [1.807, 2.05) is 4.90 Å². The number of halogens is 2. The van der Waals surface area contributed by atoms with Crippen LogP contribution < -0.4 is 4.90 Å². The van der Waals surface area contributed by atoms with Gasteiger partial charge in [-0.2, -0.15) is 0 Å². The van der Waals surface area contributed by atoms with E-state index in [2.05, 4.69) is 0 Å². The topological polar surface area (TPSA) is 12.5 Å². The first-order chi connectivity index (χ1) is 6.27. The van der Waals surface area contributed by atoms with Crippen LogP contribution in [0.5, 0.6) is 0 Å². The Labute approximate surface area is 80.2 Å². The summed E-state index contributed by atoms with van der Waals surface area (Å²) in [6.07, 6.45) is 3.35. The second-order valence-electron chi connectivity index (χ2n) is 2.65. The van der Waals surface area contributed by atoms with Crippen LogP contribution in [-0.2, 0) is 4.74 Å². The van der Waals surface area contributed by atoms with Crippen molar-refractivity contribution < 1.29 is 9.13 Å². The maximum Gasteiger partial charge on any atom is 0.164 e. The lowest BCUT2D eigenvalue weighted by atomic mass is 10.3. The van der Waals surface area contributed by atoms with Gasteiger partial charge in [0.15, 0.2) is 6.73 Å². The van der Waals surface area contributed by atoms with Gasteiger partial charge in [-0.25, -0.2) is 4.39 Å². The molecule has 0 aromatic heterocycles. The zero-order valence-corrected chi connectivity index (χ0v) is 7.46. The van der Waals surface area contributed by atoms with Gasteiger partial charge in [-0.3, -0.25) is 0 Å². The van der Waals surface area contributed by atoms with Crippen molar-refractivity contribution in [2.24, 2.45) is 0 Å². The van der Waals surface area contributed by atoms with E-state index in [4.69, 9.17) is 16.3 Å². The second kappa shape index (κ2) is 3.26. The molecule has 0 unspecified atom stereocenters. The van der Waals surface area contributed by atoms with Crippen LogP contribution in [0.15, 0.2) is 30.7 Å². The Balaban J connectivity index is 2.30. The van der Waals surface area contributed by atoms with Crippen molar-refractivity contribution in [3.05, 3.63) is 41.5 Å². The first kappa shape index (κ1) is 8.38. The number of rotatable bonds is 1. The molecule has 2 nitrogen and oxygen atoms in total. The molecule has 0 amide bonds. The molecule has 1 aromatic rings. The van der Waals surface area contributed by atoms with Crippen molar-refractivity contribution in [3.63, 3.8) is 0 Å². The molecule has 13 heavy (non-hydrogen) atoms. The summed E-state index contributed by atoms with van der Waals surface area (Å²) in [4.78, 5) is 1.82. The van der Waals surface area contributed by atoms with Crippen LogP contribution in [0.4, 0.5) is 10.1 Å². The molecular weight excluding hydrogens is 193 g/mol. The highest BCUT2D eigenvalue weighted by atomic mass is 35.5. The molecule has 1 aliphatic rings. The Morgan fingerprint density at radius 1 is 1.46 bits per heavy atom. The van der Waals surface area contributed by atoms with E-state index < -0.39 is 5.82 Å². The van der Waals surface area contributed by atoms with Gasteiger partial charge < -0.3 is 9.64 Å².